The van der Waals surface area contributed by atoms with Gasteiger partial charge in [0.15, 0.2) is 11.3 Å². The molecule has 1 fully saturated rings. The third-order valence-electron chi connectivity index (χ3n) is 8.05. The number of aromatic nitrogens is 2. The van der Waals surface area contributed by atoms with Crippen molar-refractivity contribution in [3.63, 3.8) is 0 Å². The molecule has 0 spiro atoms. The van der Waals surface area contributed by atoms with Crippen molar-refractivity contribution in [2.24, 2.45) is 0 Å². The molecule has 5 rings (SSSR count). The Morgan fingerprint density at radius 3 is 2.43 bits per heavy atom. The number of amides is 1. The monoisotopic (exact) mass is 620 g/mol. The molecule has 0 atom stereocenters. The molecule has 1 aromatic carbocycles. The molecule has 1 aliphatic heterocycles. The van der Waals surface area contributed by atoms with Gasteiger partial charge >= 0.3 is 5.97 Å². The van der Waals surface area contributed by atoms with Gasteiger partial charge in [0, 0.05) is 36.8 Å². The second-order valence-corrected chi connectivity index (χ2v) is 13.3. The first-order chi connectivity index (χ1) is 20.6. The van der Waals surface area contributed by atoms with Crippen LogP contribution in [-0.4, -0.2) is 58.5 Å². The molecule has 232 valence electrons. The zero-order chi connectivity index (χ0) is 32.1. The maximum atomic E-state index is 14.3. The van der Waals surface area contributed by atoms with Gasteiger partial charge in [0.1, 0.15) is 17.2 Å². The van der Waals surface area contributed by atoms with Crippen molar-refractivity contribution in [3.8, 4) is 11.3 Å². The lowest BCUT2D eigenvalue weighted by Crippen LogP contribution is -2.61. The van der Waals surface area contributed by atoms with Crippen LogP contribution >= 0.6 is 11.6 Å². The van der Waals surface area contributed by atoms with E-state index in [1.807, 2.05) is 44.7 Å². The standard InChI is InChI=1S/C34H38ClFN4O4/c1-9-43-32(42)29-19(2)14-28(37-20(29)3)39-12-13-40(34(7,8)18-39)31(41)27-17-26-30(44-27)22(33(4,5)6)16-25(38-26)21-10-11-23(35)24(36)15-21/h10-11,14-17H,9,12-13,18H2,1-8H3. The molecular weight excluding hydrogens is 583 g/mol. The fraction of sp³-hybridized carbons (Fsp3) is 0.412. The minimum absolute atomic E-state index is 0.0412. The summed E-state index contributed by atoms with van der Waals surface area (Å²) in [7, 11) is 0. The Morgan fingerprint density at radius 2 is 1.82 bits per heavy atom. The summed E-state index contributed by atoms with van der Waals surface area (Å²) in [5.41, 5.74) is 4.07. The molecule has 1 aliphatic rings. The van der Waals surface area contributed by atoms with Gasteiger partial charge in [0.05, 0.1) is 34.1 Å². The highest BCUT2D eigenvalue weighted by Crippen LogP contribution is 2.36. The molecule has 0 saturated carbocycles. The first kappa shape index (κ1) is 31.4. The van der Waals surface area contributed by atoms with E-state index in [2.05, 4.69) is 25.7 Å². The van der Waals surface area contributed by atoms with Crippen molar-refractivity contribution in [2.75, 3.05) is 31.1 Å². The van der Waals surface area contributed by atoms with E-state index in [-0.39, 0.29) is 28.1 Å². The second kappa shape index (κ2) is 11.5. The summed E-state index contributed by atoms with van der Waals surface area (Å²) in [5.74, 6) is -0.183. The number of halogens is 2. The maximum absolute atomic E-state index is 14.3. The molecule has 44 heavy (non-hydrogen) atoms. The molecule has 1 saturated heterocycles. The van der Waals surface area contributed by atoms with Crippen LogP contribution < -0.4 is 4.90 Å². The zero-order valence-corrected chi connectivity index (χ0v) is 27.2. The number of anilines is 1. The van der Waals surface area contributed by atoms with Crippen LogP contribution in [-0.2, 0) is 10.2 Å². The lowest BCUT2D eigenvalue weighted by atomic mass is 9.86. The van der Waals surface area contributed by atoms with Crippen LogP contribution in [0.15, 0.2) is 40.8 Å². The number of benzene rings is 1. The molecule has 0 aliphatic carbocycles. The van der Waals surface area contributed by atoms with E-state index >= 15 is 0 Å². The average Bonchev–Trinajstić information content (AvgIpc) is 3.36. The molecular formula is C34H38ClFN4O4. The highest BCUT2D eigenvalue weighted by Gasteiger charge is 2.39. The number of hydrogen-bond acceptors (Lipinski definition) is 7. The number of carbonyl (C=O) groups is 2. The Kier molecular flexibility index (Phi) is 8.22. The third-order valence-corrected chi connectivity index (χ3v) is 8.35. The predicted molar refractivity (Wildman–Crippen MR) is 170 cm³/mol. The molecule has 0 N–H and O–H groups in total. The van der Waals surface area contributed by atoms with Crippen molar-refractivity contribution < 1.29 is 23.1 Å². The number of pyridine rings is 2. The van der Waals surface area contributed by atoms with Gasteiger partial charge in [-0.15, -0.1) is 0 Å². The lowest BCUT2D eigenvalue weighted by Gasteiger charge is -2.47. The van der Waals surface area contributed by atoms with Crippen LogP contribution in [0.2, 0.25) is 5.02 Å². The highest BCUT2D eigenvalue weighted by atomic mass is 35.5. The third kappa shape index (κ3) is 5.89. The number of furan rings is 1. The van der Waals surface area contributed by atoms with Gasteiger partial charge in [-0.25, -0.2) is 19.2 Å². The number of ether oxygens (including phenoxy) is 1. The summed E-state index contributed by atoms with van der Waals surface area (Å²) in [6.07, 6.45) is 0. The van der Waals surface area contributed by atoms with Gasteiger partial charge < -0.3 is 19.0 Å². The first-order valence-corrected chi connectivity index (χ1v) is 15.1. The van der Waals surface area contributed by atoms with E-state index in [1.165, 1.54) is 12.1 Å². The molecule has 0 unspecified atom stereocenters. The first-order valence-electron chi connectivity index (χ1n) is 14.7. The number of aryl methyl sites for hydroxylation is 2. The summed E-state index contributed by atoms with van der Waals surface area (Å²) in [5, 5.41) is 0.0412. The smallest absolute Gasteiger partial charge is 0.340 e. The molecule has 4 heterocycles. The second-order valence-electron chi connectivity index (χ2n) is 12.9. The van der Waals surface area contributed by atoms with Crippen molar-refractivity contribution in [1.82, 2.24) is 14.9 Å². The predicted octanol–water partition coefficient (Wildman–Crippen LogP) is 7.51. The van der Waals surface area contributed by atoms with E-state index in [4.69, 9.17) is 30.7 Å². The van der Waals surface area contributed by atoms with Gasteiger partial charge in [-0.1, -0.05) is 38.4 Å². The van der Waals surface area contributed by atoms with E-state index in [0.717, 1.165) is 16.9 Å². The minimum atomic E-state index is -0.566. The van der Waals surface area contributed by atoms with Crippen LogP contribution in [0.25, 0.3) is 22.4 Å². The van der Waals surface area contributed by atoms with Crippen molar-refractivity contribution in [1.29, 1.82) is 0 Å². The molecule has 4 aromatic rings. The number of fused-ring (bicyclic) bond motifs is 1. The highest BCUT2D eigenvalue weighted by molar-refractivity contribution is 6.30. The Bertz CT molecular complexity index is 1750. The molecule has 0 bridgehead atoms. The fourth-order valence-electron chi connectivity index (χ4n) is 5.83. The summed E-state index contributed by atoms with van der Waals surface area (Å²) < 4.78 is 25.8. The van der Waals surface area contributed by atoms with Crippen LogP contribution in [0, 0.1) is 19.7 Å². The minimum Gasteiger partial charge on any atom is -0.462 e. The molecule has 8 nitrogen and oxygen atoms in total. The van der Waals surface area contributed by atoms with Crippen LogP contribution in [0.3, 0.4) is 0 Å². The number of nitrogens with zero attached hydrogens (tertiary/aromatic N) is 4. The van der Waals surface area contributed by atoms with Crippen LogP contribution in [0.5, 0.6) is 0 Å². The van der Waals surface area contributed by atoms with Crippen LogP contribution in [0.1, 0.15) is 79.3 Å². The van der Waals surface area contributed by atoms with E-state index in [0.29, 0.717) is 59.9 Å². The Hall–Kier alpha value is -3.98. The maximum Gasteiger partial charge on any atom is 0.340 e. The topological polar surface area (TPSA) is 88.8 Å². The van der Waals surface area contributed by atoms with Gasteiger partial charge in [-0.3, -0.25) is 4.79 Å². The zero-order valence-electron chi connectivity index (χ0n) is 26.5. The molecule has 0 radical (unpaired) electrons. The average molecular weight is 621 g/mol. The van der Waals surface area contributed by atoms with Crippen molar-refractivity contribution in [2.45, 2.75) is 66.3 Å². The SMILES string of the molecule is CCOC(=O)c1c(C)cc(N2CCN(C(=O)c3cc4nc(-c5ccc(Cl)c(F)c5)cc(C(C)(C)C)c4o3)C(C)(C)C2)nc1C. The van der Waals surface area contributed by atoms with Gasteiger partial charge in [-0.2, -0.15) is 0 Å². The largest absolute Gasteiger partial charge is 0.462 e. The number of carbonyl (C=O) groups excluding carboxylic acids is 2. The van der Waals surface area contributed by atoms with Crippen LogP contribution in [0.4, 0.5) is 10.2 Å². The number of esters is 1. The van der Waals surface area contributed by atoms with Crippen molar-refractivity contribution in [3.05, 3.63) is 75.4 Å². The van der Waals surface area contributed by atoms with Crippen molar-refractivity contribution >= 4 is 40.4 Å². The lowest BCUT2D eigenvalue weighted by molar-refractivity contribution is 0.0480. The molecule has 10 heteroatoms. The summed E-state index contributed by atoms with van der Waals surface area (Å²) in [4.78, 5) is 39.8. The van der Waals surface area contributed by atoms with E-state index < -0.39 is 11.4 Å². The number of hydrogen-bond donors (Lipinski definition) is 0. The fourth-order valence-corrected chi connectivity index (χ4v) is 5.95. The molecule has 3 aromatic heterocycles. The quantitative estimate of drug-likeness (QED) is 0.213. The molecule has 1 amide bonds. The van der Waals surface area contributed by atoms with E-state index in [1.54, 1.807) is 19.1 Å². The van der Waals surface area contributed by atoms with Gasteiger partial charge in [-0.05, 0) is 69.9 Å². The van der Waals surface area contributed by atoms with Gasteiger partial charge in [0.2, 0.25) is 0 Å². The number of piperazine rings is 1. The normalized spacial score (nSPS) is 15.1. The Morgan fingerprint density at radius 1 is 1.09 bits per heavy atom. The summed E-state index contributed by atoms with van der Waals surface area (Å²) >= 11 is 5.91. The summed E-state index contributed by atoms with van der Waals surface area (Å²) in [6.45, 7) is 17.5. The Balaban J connectivity index is 1.44. The Labute approximate surface area is 262 Å². The summed E-state index contributed by atoms with van der Waals surface area (Å²) in [6, 6.07) is 10.1. The van der Waals surface area contributed by atoms with Gasteiger partial charge in [0.25, 0.3) is 5.91 Å². The van der Waals surface area contributed by atoms with E-state index in [9.17, 15) is 14.0 Å². The number of rotatable bonds is 5.